The molecule has 0 radical (unpaired) electrons. The summed E-state index contributed by atoms with van der Waals surface area (Å²) in [7, 11) is 1.79. The van der Waals surface area contributed by atoms with Crippen LogP contribution in [-0.2, 0) is 19.3 Å². The van der Waals surface area contributed by atoms with E-state index in [1.54, 1.807) is 30.5 Å². The van der Waals surface area contributed by atoms with Gasteiger partial charge in [-0.15, -0.1) is 35.3 Å². The molecule has 0 fully saturated rings. The lowest BCUT2D eigenvalue weighted by atomic mass is 10.1. The van der Waals surface area contributed by atoms with Crippen molar-refractivity contribution >= 4 is 41.3 Å². The molecule has 7 heteroatoms. The van der Waals surface area contributed by atoms with Crippen LogP contribution in [0.15, 0.2) is 35.5 Å². The normalized spacial score (nSPS) is 11.0. The number of aromatic hydroxyl groups is 1. The zero-order valence-corrected chi connectivity index (χ0v) is 17.9. The summed E-state index contributed by atoms with van der Waals surface area (Å²) in [5.74, 6) is 1.14. The number of aromatic nitrogens is 1. The molecule has 5 nitrogen and oxygen atoms in total. The average Bonchev–Trinajstić information content (AvgIpc) is 3.06. The van der Waals surface area contributed by atoms with Crippen LogP contribution in [0.4, 0.5) is 0 Å². The van der Waals surface area contributed by atoms with E-state index in [9.17, 15) is 5.11 Å². The summed E-state index contributed by atoms with van der Waals surface area (Å²) in [6.07, 6.45) is 5.92. The first-order valence-corrected chi connectivity index (χ1v) is 9.19. The first kappa shape index (κ1) is 21.7. The predicted molar refractivity (Wildman–Crippen MR) is 116 cm³/mol. The van der Waals surface area contributed by atoms with Crippen molar-refractivity contribution in [2.45, 2.75) is 32.6 Å². The van der Waals surface area contributed by atoms with E-state index in [1.165, 1.54) is 15.4 Å². The zero-order chi connectivity index (χ0) is 17.2. The summed E-state index contributed by atoms with van der Waals surface area (Å²) >= 11 is 1.78. The van der Waals surface area contributed by atoms with Gasteiger partial charge in [-0.25, -0.2) is 4.98 Å². The molecule has 0 aliphatic rings. The van der Waals surface area contributed by atoms with Crippen LogP contribution in [0.1, 0.15) is 28.8 Å². The summed E-state index contributed by atoms with van der Waals surface area (Å²) in [5.41, 5.74) is 1.23. The lowest BCUT2D eigenvalue weighted by Gasteiger charge is -2.11. The number of hydrogen-bond donors (Lipinski definition) is 3. The van der Waals surface area contributed by atoms with Gasteiger partial charge in [0.1, 0.15) is 5.75 Å². The van der Waals surface area contributed by atoms with Gasteiger partial charge in [-0.05, 0) is 37.0 Å². The Morgan fingerprint density at radius 1 is 1.16 bits per heavy atom. The number of rotatable bonds is 8. The number of nitrogens with zero attached hydrogens (tertiary/aromatic N) is 2. The molecule has 0 unspecified atom stereocenters. The average molecular weight is 474 g/mol. The zero-order valence-electron chi connectivity index (χ0n) is 14.8. The van der Waals surface area contributed by atoms with Crippen LogP contribution < -0.4 is 10.6 Å². The molecule has 1 aromatic heterocycles. The number of aliphatic imine (C=N–C) groups is 1. The highest BCUT2D eigenvalue weighted by atomic mass is 127. The Kier molecular flexibility index (Phi) is 10.5. The minimum Gasteiger partial charge on any atom is -0.508 e. The van der Waals surface area contributed by atoms with Gasteiger partial charge in [0.15, 0.2) is 5.96 Å². The van der Waals surface area contributed by atoms with Crippen molar-refractivity contribution in [1.29, 1.82) is 0 Å². The third kappa shape index (κ3) is 8.04. The van der Waals surface area contributed by atoms with Crippen LogP contribution >= 0.6 is 35.3 Å². The fourth-order valence-electron chi connectivity index (χ4n) is 2.30. The molecule has 0 aliphatic heterocycles. The van der Waals surface area contributed by atoms with Crippen molar-refractivity contribution in [2.75, 3.05) is 20.1 Å². The van der Waals surface area contributed by atoms with Gasteiger partial charge in [-0.2, -0.15) is 0 Å². The smallest absolute Gasteiger partial charge is 0.190 e. The summed E-state index contributed by atoms with van der Waals surface area (Å²) in [6, 6.07) is 7.37. The van der Waals surface area contributed by atoms with Crippen molar-refractivity contribution in [3.05, 3.63) is 45.9 Å². The van der Waals surface area contributed by atoms with Crippen molar-refractivity contribution in [1.82, 2.24) is 15.6 Å². The topological polar surface area (TPSA) is 69.5 Å². The van der Waals surface area contributed by atoms with E-state index in [0.717, 1.165) is 44.7 Å². The van der Waals surface area contributed by atoms with Crippen LogP contribution in [0.25, 0.3) is 0 Å². The molecule has 138 valence electrons. The lowest BCUT2D eigenvalue weighted by molar-refractivity contribution is 0.475. The summed E-state index contributed by atoms with van der Waals surface area (Å²) in [6.45, 7) is 3.84. The van der Waals surface area contributed by atoms with Crippen molar-refractivity contribution in [3.63, 3.8) is 0 Å². The first-order chi connectivity index (χ1) is 11.7. The second kappa shape index (κ2) is 12.1. The highest BCUT2D eigenvalue weighted by Crippen LogP contribution is 2.13. The highest BCUT2D eigenvalue weighted by Gasteiger charge is 2.02. The minimum atomic E-state index is 0. The van der Waals surface area contributed by atoms with Gasteiger partial charge in [0.05, 0.1) is 5.01 Å². The fourth-order valence-corrected chi connectivity index (χ4v) is 3.16. The maximum absolute atomic E-state index is 9.27. The summed E-state index contributed by atoms with van der Waals surface area (Å²) < 4.78 is 0. The largest absolute Gasteiger partial charge is 0.508 e. The van der Waals surface area contributed by atoms with E-state index in [2.05, 4.69) is 27.5 Å². The van der Waals surface area contributed by atoms with Gasteiger partial charge >= 0.3 is 0 Å². The highest BCUT2D eigenvalue weighted by molar-refractivity contribution is 14.0. The lowest BCUT2D eigenvalue weighted by Crippen LogP contribution is -2.38. The molecule has 0 saturated heterocycles. The van der Waals surface area contributed by atoms with Crippen LogP contribution in [0.2, 0.25) is 0 Å². The third-order valence-electron chi connectivity index (χ3n) is 3.68. The monoisotopic (exact) mass is 474 g/mol. The number of guanidine groups is 1. The Balaban J connectivity index is 0.00000312. The van der Waals surface area contributed by atoms with Crippen LogP contribution in [0, 0.1) is 0 Å². The van der Waals surface area contributed by atoms with Crippen LogP contribution in [0.5, 0.6) is 5.75 Å². The maximum Gasteiger partial charge on any atom is 0.190 e. The van der Waals surface area contributed by atoms with Crippen LogP contribution in [-0.4, -0.2) is 36.2 Å². The number of nitrogens with one attached hydrogen (secondary N) is 2. The Morgan fingerprint density at radius 2 is 1.88 bits per heavy atom. The molecule has 1 aromatic carbocycles. The molecule has 0 amide bonds. The summed E-state index contributed by atoms with van der Waals surface area (Å²) in [5, 5.41) is 17.1. The van der Waals surface area contributed by atoms with E-state index in [4.69, 9.17) is 0 Å². The maximum atomic E-state index is 9.27. The van der Waals surface area contributed by atoms with Gasteiger partial charge in [-0.3, -0.25) is 4.99 Å². The summed E-state index contributed by atoms with van der Waals surface area (Å²) in [4.78, 5) is 10.0. The first-order valence-electron chi connectivity index (χ1n) is 8.37. The van der Waals surface area contributed by atoms with Gasteiger partial charge in [0, 0.05) is 37.6 Å². The van der Waals surface area contributed by atoms with E-state index in [0.29, 0.717) is 5.75 Å². The molecule has 2 rings (SSSR count). The standard InChI is InChI=1S/C18H26N4OS.HI/c1-3-16-13-22-17(24-16)10-12-21-18(19-2)20-11-4-5-14-6-8-15(23)9-7-14;/h6-9,13,23H,3-5,10-12H2,1-2H3,(H2,19,20,21);1H. The number of phenolic OH excluding ortho intramolecular Hbond substituents is 1. The molecule has 1 heterocycles. The molecule has 3 N–H and O–H groups in total. The van der Waals surface area contributed by atoms with Gasteiger partial charge < -0.3 is 15.7 Å². The Morgan fingerprint density at radius 3 is 2.52 bits per heavy atom. The predicted octanol–water partition coefficient (Wildman–Crippen LogP) is 3.37. The minimum absolute atomic E-state index is 0. The second-order valence-electron chi connectivity index (χ2n) is 5.52. The second-order valence-corrected chi connectivity index (χ2v) is 6.72. The molecule has 0 spiro atoms. The van der Waals surface area contributed by atoms with Crippen LogP contribution in [0.3, 0.4) is 0 Å². The fraction of sp³-hybridized carbons (Fsp3) is 0.444. The van der Waals surface area contributed by atoms with Gasteiger partial charge in [-0.1, -0.05) is 19.1 Å². The number of aryl methyl sites for hydroxylation is 2. The molecular weight excluding hydrogens is 447 g/mol. The quantitative estimate of drug-likeness (QED) is 0.238. The number of hydrogen-bond acceptors (Lipinski definition) is 4. The van der Waals surface area contributed by atoms with Crippen molar-refractivity contribution in [3.8, 4) is 5.75 Å². The molecular formula is C18H27IN4OS. The third-order valence-corrected chi connectivity index (χ3v) is 4.88. The SMILES string of the molecule is CCc1cnc(CCNC(=NC)NCCCc2ccc(O)cc2)s1.I. The number of benzene rings is 1. The number of thiazole rings is 1. The number of phenols is 1. The molecule has 0 atom stereocenters. The molecule has 0 bridgehead atoms. The molecule has 25 heavy (non-hydrogen) atoms. The Labute approximate surface area is 171 Å². The molecule has 0 aliphatic carbocycles. The van der Waals surface area contributed by atoms with Gasteiger partial charge in [0.25, 0.3) is 0 Å². The van der Waals surface area contributed by atoms with Crippen molar-refractivity contribution < 1.29 is 5.11 Å². The Bertz CT molecular complexity index is 643. The number of halogens is 1. The van der Waals surface area contributed by atoms with Gasteiger partial charge in [0.2, 0.25) is 0 Å². The molecule has 0 saturated carbocycles. The van der Waals surface area contributed by atoms with Crippen molar-refractivity contribution in [2.24, 2.45) is 4.99 Å². The van der Waals surface area contributed by atoms with E-state index < -0.39 is 0 Å². The molecule has 2 aromatic rings. The van der Waals surface area contributed by atoms with E-state index >= 15 is 0 Å². The Hall–Kier alpha value is -1.35. The van der Waals surface area contributed by atoms with E-state index in [-0.39, 0.29) is 24.0 Å². The van der Waals surface area contributed by atoms with E-state index in [1.807, 2.05) is 18.3 Å².